The second-order valence-corrected chi connectivity index (χ2v) is 11.0. The normalized spacial score (nSPS) is 12.5. The molecule has 0 amide bonds. The molecule has 0 spiro atoms. The highest BCUT2D eigenvalue weighted by Gasteiger charge is 2.17. The zero-order valence-electron chi connectivity index (χ0n) is 21.2. The fourth-order valence-electron chi connectivity index (χ4n) is 4.58. The molecule has 202 valence electrons. The minimum atomic E-state index is -0.302. The molecule has 0 aliphatic carbocycles. The number of ether oxygens (including phenoxy) is 3. The highest BCUT2D eigenvalue weighted by molar-refractivity contribution is 9.11. The van der Waals surface area contributed by atoms with Crippen LogP contribution < -0.4 is 19.8 Å². The van der Waals surface area contributed by atoms with E-state index in [-0.39, 0.29) is 12.4 Å². The molecule has 4 aromatic carbocycles. The SMILES string of the molecule is O=c1c2ccccc2nc(-c2cc3ccccc3o2)n1N=Cc1cc(Br)c(OCc2ccc3c(c2)OCO3)c(Br)c1. The van der Waals surface area contributed by atoms with Crippen LogP contribution in [0.3, 0.4) is 0 Å². The predicted octanol–water partition coefficient (Wildman–Crippen LogP) is 7.52. The van der Waals surface area contributed by atoms with Crippen LogP contribution in [0.2, 0.25) is 0 Å². The van der Waals surface area contributed by atoms with Crippen molar-refractivity contribution in [3.8, 4) is 28.8 Å². The first kappa shape index (κ1) is 25.6. The molecular formula is C31H19Br2N3O5. The van der Waals surface area contributed by atoms with E-state index in [1.165, 1.54) is 4.68 Å². The van der Waals surface area contributed by atoms with Gasteiger partial charge in [0.2, 0.25) is 12.6 Å². The van der Waals surface area contributed by atoms with Gasteiger partial charge < -0.3 is 18.6 Å². The smallest absolute Gasteiger partial charge is 0.282 e. The van der Waals surface area contributed by atoms with E-state index >= 15 is 0 Å². The number of para-hydroxylation sites is 2. The summed E-state index contributed by atoms with van der Waals surface area (Å²) in [6.07, 6.45) is 1.60. The molecule has 0 unspecified atom stereocenters. The highest BCUT2D eigenvalue weighted by atomic mass is 79.9. The lowest BCUT2D eigenvalue weighted by Gasteiger charge is -2.12. The molecule has 0 radical (unpaired) electrons. The van der Waals surface area contributed by atoms with Gasteiger partial charge in [-0.05, 0) is 91.5 Å². The molecule has 3 heterocycles. The number of halogens is 2. The van der Waals surface area contributed by atoms with Crippen LogP contribution in [0.1, 0.15) is 11.1 Å². The zero-order valence-corrected chi connectivity index (χ0v) is 24.4. The third kappa shape index (κ3) is 4.89. The minimum absolute atomic E-state index is 0.223. The molecule has 6 aromatic rings. The van der Waals surface area contributed by atoms with Crippen LogP contribution in [0.4, 0.5) is 0 Å². The van der Waals surface area contributed by atoms with E-state index < -0.39 is 0 Å². The van der Waals surface area contributed by atoms with E-state index in [9.17, 15) is 4.79 Å². The molecule has 10 heteroatoms. The fourth-order valence-corrected chi connectivity index (χ4v) is 6.04. The van der Waals surface area contributed by atoms with E-state index in [1.54, 1.807) is 24.4 Å². The van der Waals surface area contributed by atoms with E-state index in [4.69, 9.17) is 23.6 Å². The summed E-state index contributed by atoms with van der Waals surface area (Å²) in [5.74, 6) is 2.82. The molecule has 7 rings (SSSR count). The number of aromatic nitrogens is 2. The monoisotopic (exact) mass is 671 g/mol. The molecule has 0 fully saturated rings. The Hall–Kier alpha value is -4.41. The van der Waals surface area contributed by atoms with Gasteiger partial charge in [0.25, 0.3) is 5.56 Å². The summed E-state index contributed by atoms with van der Waals surface area (Å²) in [4.78, 5) is 18.3. The molecular weight excluding hydrogens is 654 g/mol. The maximum atomic E-state index is 13.5. The van der Waals surface area contributed by atoms with Crippen molar-refractivity contribution < 1.29 is 18.6 Å². The van der Waals surface area contributed by atoms with Crippen molar-refractivity contribution in [1.29, 1.82) is 0 Å². The topological polar surface area (TPSA) is 88.1 Å². The average molecular weight is 673 g/mol. The van der Waals surface area contributed by atoms with Crippen molar-refractivity contribution >= 4 is 59.9 Å². The minimum Gasteiger partial charge on any atom is -0.487 e. The second-order valence-electron chi connectivity index (χ2n) is 9.25. The van der Waals surface area contributed by atoms with Gasteiger partial charge in [0.1, 0.15) is 17.9 Å². The Morgan fingerprint density at radius 3 is 2.56 bits per heavy atom. The second kappa shape index (κ2) is 10.5. The standard InChI is InChI=1S/C31H19Br2N3O5/c32-22-11-19(12-23(33)29(22)38-16-18-9-10-26-27(13-18)40-17-39-26)15-34-36-30(28-14-20-5-1-4-8-25(20)41-28)35-24-7-3-2-6-21(24)31(36)37/h1-15H,16-17H2. The Morgan fingerprint density at radius 1 is 0.927 bits per heavy atom. The number of benzene rings is 4. The number of rotatable bonds is 6. The molecule has 0 bridgehead atoms. The summed E-state index contributed by atoms with van der Waals surface area (Å²) >= 11 is 7.22. The van der Waals surface area contributed by atoms with Gasteiger partial charge in [0.15, 0.2) is 17.3 Å². The summed E-state index contributed by atoms with van der Waals surface area (Å²) in [5.41, 5.74) is 2.64. The number of hydrogen-bond acceptors (Lipinski definition) is 7. The van der Waals surface area contributed by atoms with Gasteiger partial charge in [-0.2, -0.15) is 9.78 Å². The van der Waals surface area contributed by atoms with Crippen molar-refractivity contribution in [3.05, 3.63) is 115 Å². The number of hydrogen-bond donors (Lipinski definition) is 0. The number of furan rings is 1. The summed E-state index contributed by atoms with van der Waals surface area (Å²) in [6.45, 7) is 0.557. The van der Waals surface area contributed by atoms with Crippen molar-refractivity contribution in [2.45, 2.75) is 6.61 Å². The van der Waals surface area contributed by atoms with Gasteiger partial charge in [-0.15, -0.1) is 0 Å². The average Bonchev–Trinajstić information content (AvgIpc) is 3.63. The number of nitrogens with zero attached hydrogens (tertiary/aromatic N) is 3. The van der Waals surface area contributed by atoms with Gasteiger partial charge in [0, 0.05) is 5.39 Å². The van der Waals surface area contributed by atoms with E-state index in [2.05, 4.69) is 37.0 Å². The molecule has 41 heavy (non-hydrogen) atoms. The largest absolute Gasteiger partial charge is 0.487 e. The Morgan fingerprint density at radius 2 is 1.71 bits per heavy atom. The van der Waals surface area contributed by atoms with Crippen LogP contribution in [0.15, 0.2) is 108 Å². The molecule has 1 aliphatic heterocycles. The lowest BCUT2D eigenvalue weighted by molar-refractivity contribution is 0.174. The van der Waals surface area contributed by atoms with Gasteiger partial charge in [-0.3, -0.25) is 4.79 Å². The number of fused-ring (bicyclic) bond motifs is 3. The first-order valence-corrected chi connectivity index (χ1v) is 14.2. The third-order valence-electron chi connectivity index (χ3n) is 6.56. The maximum Gasteiger partial charge on any atom is 0.282 e. The highest BCUT2D eigenvalue weighted by Crippen LogP contribution is 2.37. The van der Waals surface area contributed by atoms with Gasteiger partial charge in [-0.1, -0.05) is 36.4 Å². The van der Waals surface area contributed by atoms with Crippen molar-refractivity contribution in [2.75, 3.05) is 6.79 Å². The molecule has 2 aromatic heterocycles. The van der Waals surface area contributed by atoms with E-state index in [0.717, 1.165) is 31.2 Å². The molecule has 0 atom stereocenters. The Bertz CT molecular complexity index is 1990. The third-order valence-corrected chi connectivity index (χ3v) is 7.74. The van der Waals surface area contributed by atoms with Crippen molar-refractivity contribution in [1.82, 2.24) is 9.66 Å². The maximum absolute atomic E-state index is 13.5. The van der Waals surface area contributed by atoms with Gasteiger partial charge in [-0.25, -0.2) is 4.98 Å². The molecule has 8 nitrogen and oxygen atoms in total. The first-order chi connectivity index (χ1) is 20.0. The van der Waals surface area contributed by atoms with E-state index in [1.807, 2.05) is 66.7 Å². The lowest BCUT2D eigenvalue weighted by atomic mass is 10.2. The van der Waals surface area contributed by atoms with Gasteiger partial charge >= 0.3 is 0 Å². The van der Waals surface area contributed by atoms with Crippen LogP contribution in [0.5, 0.6) is 17.2 Å². The molecule has 0 saturated carbocycles. The Balaban J connectivity index is 1.22. The van der Waals surface area contributed by atoms with Crippen molar-refractivity contribution in [2.24, 2.45) is 5.10 Å². The van der Waals surface area contributed by atoms with E-state index in [0.29, 0.717) is 46.2 Å². The fraction of sp³-hybridized carbons (Fsp3) is 0.0645. The Kier molecular flexibility index (Phi) is 6.56. The molecule has 0 N–H and O–H groups in total. The van der Waals surface area contributed by atoms with Crippen LogP contribution in [-0.4, -0.2) is 22.7 Å². The molecule has 1 aliphatic rings. The van der Waals surface area contributed by atoms with Crippen molar-refractivity contribution in [3.63, 3.8) is 0 Å². The van der Waals surface area contributed by atoms with Crippen LogP contribution in [0, 0.1) is 0 Å². The lowest BCUT2D eigenvalue weighted by Crippen LogP contribution is -2.20. The summed E-state index contributed by atoms with van der Waals surface area (Å²) in [6, 6.07) is 26.1. The summed E-state index contributed by atoms with van der Waals surface area (Å²) in [7, 11) is 0. The summed E-state index contributed by atoms with van der Waals surface area (Å²) < 4.78 is 25.7. The quantitative estimate of drug-likeness (QED) is 0.170. The Labute approximate surface area is 250 Å². The summed E-state index contributed by atoms with van der Waals surface area (Å²) in [5, 5.41) is 5.92. The van der Waals surface area contributed by atoms with Gasteiger partial charge in [0.05, 0.1) is 26.1 Å². The molecule has 0 saturated heterocycles. The predicted molar refractivity (Wildman–Crippen MR) is 163 cm³/mol. The first-order valence-electron chi connectivity index (χ1n) is 12.6. The van der Waals surface area contributed by atoms with Crippen LogP contribution in [0.25, 0.3) is 33.5 Å². The van der Waals surface area contributed by atoms with Crippen LogP contribution >= 0.6 is 31.9 Å². The zero-order chi connectivity index (χ0) is 27.9. The van der Waals surface area contributed by atoms with Crippen LogP contribution in [-0.2, 0) is 6.61 Å².